The molecule has 23 heavy (non-hydrogen) atoms. The van der Waals surface area contributed by atoms with Crippen molar-refractivity contribution in [3.05, 3.63) is 35.7 Å². The third-order valence-corrected chi connectivity index (χ3v) is 4.26. The van der Waals surface area contributed by atoms with E-state index in [2.05, 4.69) is 20.4 Å². The summed E-state index contributed by atoms with van der Waals surface area (Å²) in [5, 5.41) is 6.79. The van der Waals surface area contributed by atoms with Gasteiger partial charge in [0.05, 0.1) is 12.5 Å². The van der Waals surface area contributed by atoms with E-state index in [9.17, 15) is 4.79 Å². The average Bonchev–Trinajstić information content (AvgIpc) is 3.03. The standard InChI is InChI=1S/C17H22N4O2/c1-12-5-7-13(8-6-12)16-19-15(23-20-16)11-21-9-3-4-14(10-21)17(22)18-2/h5-8,14H,3-4,9-11H2,1-2H3,(H,18,22). The Kier molecular flexibility index (Phi) is 4.71. The van der Waals surface area contributed by atoms with Gasteiger partial charge in [-0.15, -0.1) is 0 Å². The highest BCUT2D eigenvalue weighted by molar-refractivity contribution is 5.78. The first-order chi connectivity index (χ1) is 11.2. The molecule has 1 aliphatic heterocycles. The highest BCUT2D eigenvalue weighted by Crippen LogP contribution is 2.20. The predicted octanol–water partition coefficient (Wildman–Crippen LogP) is 2.00. The normalized spacial score (nSPS) is 18.8. The van der Waals surface area contributed by atoms with E-state index in [1.807, 2.05) is 31.2 Å². The van der Waals surface area contributed by atoms with Crippen molar-refractivity contribution < 1.29 is 9.32 Å². The van der Waals surface area contributed by atoms with Crippen molar-refractivity contribution in [3.8, 4) is 11.4 Å². The number of rotatable bonds is 4. The minimum atomic E-state index is 0.0493. The number of hydrogen-bond donors (Lipinski definition) is 1. The van der Waals surface area contributed by atoms with Crippen LogP contribution >= 0.6 is 0 Å². The first kappa shape index (κ1) is 15.7. The van der Waals surface area contributed by atoms with Crippen LogP contribution in [0.3, 0.4) is 0 Å². The molecular formula is C17H22N4O2. The SMILES string of the molecule is CNC(=O)C1CCCN(Cc2nc(-c3ccc(C)cc3)no2)C1. The van der Waals surface area contributed by atoms with Crippen molar-refractivity contribution in [2.75, 3.05) is 20.1 Å². The Bertz CT molecular complexity index is 665. The van der Waals surface area contributed by atoms with Crippen LogP contribution in [0.1, 0.15) is 24.3 Å². The number of amides is 1. The van der Waals surface area contributed by atoms with Crippen molar-refractivity contribution in [1.82, 2.24) is 20.4 Å². The summed E-state index contributed by atoms with van der Waals surface area (Å²) in [6.07, 6.45) is 1.95. The zero-order valence-electron chi connectivity index (χ0n) is 13.6. The lowest BCUT2D eigenvalue weighted by atomic mass is 9.97. The third kappa shape index (κ3) is 3.76. The molecule has 1 aliphatic rings. The quantitative estimate of drug-likeness (QED) is 0.934. The molecule has 1 saturated heterocycles. The molecule has 0 spiro atoms. The average molecular weight is 314 g/mol. The third-order valence-electron chi connectivity index (χ3n) is 4.26. The van der Waals surface area contributed by atoms with Crippen LogP contribution in [0.25, 0.3) is 11.4 Å². The van der Waals surface area contributed by atoms with Gasteiger partial charge >= 0.3 is 0 Å². The lowest BCUT2D eigenvalue weighted by molar-refractivity contribution is -0.126. The Morgan fingerprint density at radius 3 is 2.91 bits per heavy atom. The van der Waals surface area contributed by atoms with E-state index in [4.69, 9.17) is 4.52 Å². The summed E-state index contributed by atoms with van der Waals surface area (Å²) in [4.78, 5) is 18.5. The monoisotopic (exact) mass is 314 g/mol. The molecule has 2 aromatic rings. The van der Waals surface area contributed by atoms with Gasteiger partial charge in [0.25, 0.3) is 0 Å². The second-order valence-electron chi connectivity index (χ2n) is 6.07. The van der Waals surface area contributed by atoms with Crippen LogP contribution < -0.4 is 5.32 Å². The number of aromatic nitrogens is 2. The van der Waals surface area contributed by atoms with Crippen LogP contribution in [0.4, 0.5) is 0 Å². The molecule has 0 radical (unpaired) electrons. The van der Waals surface area contributed by atoms with Crippen LogP contribution in [0.2, 0.25) is 0 Å². The number of aryl methyl sites for hydroxylation is 1. The Labute approximate surface area is 135 Å². The van der Waals surface area contributed by atoms with Gasteiger partial charge in [0, 0.05) is 19.2 Å². The van der Waals surface area contributed by atoms with E-state index in [1.165, 1.54) is 5.56 Å². The van der Waals surface area contributed by atoms with Gasteiger partial charge in [-0.2, -0.15) is 4.98 Å². The molecule has 2 heterocycles. The molecule has 0 aliphatic carbocycles. The van der Waals surface area contributed by atoms with E-state index in [0.29, 0.717) is 18.3 Å². The molecule has 0 saturated carbocycles. The fourth-order valence-electron chi connectivity index (χ4n) is 2.95. The molecule has 1 amide bonds. The van der Waals surface area contributed by atoms with Gasteiger partial charge in [0.15, 0.2) is 0 Å². The number of benzene rings is 1. The van der Waals surface area contributed by atoms with Gasteiger partial charge < -0.3 is 9.84 Å². The fourth-order valence-corrected chi connectivity index (χ4v) is 2.95. The van der Waals surface area contributed by atoms with Gasteiger partial charge in [-0.25, -0.2) is 0 Å². The number of piperidine rings is 1. The maximum atomic E-state index is 11.8. The molecule has 122 valence electrons. The Hall–Kier alpha value is -2.21. The maximum absolute atomic E-state index is 11.8. The van der Waals surface area contributed by atoms with E-state index < -0.39 is 0 Å². The Balaban J connectivity index is 1.64. The predicted molar refractivity (Wildman–Crippen MR) is 86.5 cm³/mol. The summed E-state index contributed by atoms with van der Waals surface area (Å²) in [5.41, 5.74) is 2.15. The smallest absolute Gasteiger partial charge is 0.241 e. The number of hydrogen-bond acceptors (Lipinski definition) is 5. The zero-order chi connectivity index (χ0) is 16.2. The maximum Gasteiger partial charge on any atom is 0.241 e. The minimum absolute atomic E-state index is 0.0493. The van der Waals surface area contributed by atoms with Crippen molar-refractivity contribution in [2.24, 2.45) is 5.92 Å². The van der Waals surface area contributed by atoms with Crippen molar-refractivity contribution in [2.45, 2.75) is 26.3 Å². The van der Waals surface area contributed by atoms with E-state index in [1.54, 1.807) is 7.05 Å². The Morgan fingerprint density at radius 2 is 2.17 bits per heavy atom. The molecule has 6 heteroatoms. The molecule has 1 atom stereocenters. The molecule has 3 rings (SSSR count). The first-order valence-corrected chi connectivity index (χ1v) is 7.99. The second-order valence-corrected chi connectivity index (χ2v) is 6.07. The molecule has 1 fully saturated rings. The van der Waals surface area contributed by atoms with E-state index in [0.717, 1.165) is 31.5 Å². The summed E-state index contributed by atoms with van der Waals surface area (Å²) in [7, 11) is 1.69. The molecule has 1 aromatic carbocycles. The number of nitrogens with one attached hydrogen (secondary N) is 1. The number of carbonyl (C=O) groups is 1. The van der Waals surface area contributed by atoms with Crippen molar-refractivity contribution in [1.29, 1.82) is 0 Å². The van der Waals surface area contributed by atoms with Crippen LogP contribution in [0.5, 0.6) is 0 Å². The fraction of sp³-hybridized carbons (Fsp3) is 0.471. The minimum Gasteiger partial charge on any atom is -0.359 e. The van der Waals surface area contributed by atoms with Crippen LogP contribution in [-0.2, 0) is 11.3 Å². The van der Waals surface area contributed by atoms with Gasteiger partial charge in [-0.05, 0) is 26.3 Å². The first-order valence-electron chi connectivity index (χ1n) is 7.99. The molecule has 1 unspecified atom stereocenters. The molecule has 1 aromatic heterocycles. The highest BCUT2D eigenvalue weighted by atomic mass is 16.5. The number of carbonyl (C=O) groups excluding carboxylic acids is 1. The molecule has 0 bridgehead atoms. The Morgan fingerprint density at radius 1 is 1.39 bits per heavy atom. The zero-order valence-corrected chi connectivity index (χ0v) is 13.6. The van der Waals surface area contributed by atoms with Crippen LogP contribution in [-0.4, -0.2) is 41.1 Å². The van der Waals surface area contributed by atoms with Gasteiger partial charge in [0.1, 0.15) is 0 Å². The van der Waals surface area contributed by atoms with E-state index >= 15 is 0 Å². The van der Waals surface area contributed by atoms with Crippen molar-refractivity contribution >= 4 is 5.91 Å². The largest absolute Gasteiger partial charge is 0.359 e. The molecule has 1 N–H and O–H groups in total. The summed E-state index contributed by atoms with van der Waals surface area (Å²) < 4.78 is 5.37. The molecular weight excluding hydrogens is 292 g/mol. The highest BCUT2D eigenvalue weighted by Gasteiger charge is 2.26. The van der Waals surface area contributed by atoms with E-state index in [-0.39, 0.29) is 11.8 Å². The van der Waals surface area contributed by atoms with Gasteiger partial charge in [0.2, 0.25) is 17.6 Å². The number of likely N-dealkylation sites (tertiary alicyclic amines) is 1. The lowest BCUT2D eigenvalue weighted by Crippen LogP contribution is -2.41. The van der Waals surface area contributed by atoms with Crippen LogP contribution in [0.15, 0.2) is 28.8 Å². The molecule has 6 nitrogen and oxygen atoms in total. The van der Waals surface area contributed by atoms with Crippen LogP contribution in [0, 0.1) is 12.8 Å². The summed E-state index contributed by atoms with van der Waals surface area (Å²) >= 11 is 0. The second kappa shape index (κ2) is 6.91. The van der Waals surface area contributed by atoms with Gasteiger partial charge in [-0.3, -0.25) is 9.69 Å². The summed E-state index contributed by atoms with van der Waals surface area (Å²) in [6.45, 7) is 4.33. The topological polar surface area (TPSA) is 71.3 Å². The van der Waals surface area contributed by atoms with Gasteiger partial charge in [-0.1, -0.05) is 35.0 Å². The summed E-state index contributed by atoms with van der Waals surface area (Å²) in [6, 6.07) is 8.05. The van der Waals surface area contributed by atoms with Crippen molar-refractivity contribution in [3.63, 3.8) is 0 Å². The lowest BCUT2D eigenvalue weighted by Gasteiger charge is -2.30. The number of nitrogens with zero attached hydrogens (tertiary/aromatic N) is 3. The summed E-state index contributed by atoms with van der Waals surface area (Å²) in [5.74, 6) is 1.37.